The summed E-state index contributed by atoms with van der Waals surface area (Å²) < 4.78 is 9.15. The van der Waals surface area contributed by atoms with Crippen molar-refractivity contribution in [1.82, 2.24) is 15.0 Å². The fourth-order valence-corrected chi connectivity index (χ4v) is 8.74. The van der Waals surface area contributed by atoms with E-state index < -0.39 is 0 Å². The van der Waals surface area contributed by atoms with E-state index in [1.807, 2.05) is 29.5 Å². The maximum Gasteiger partial charge on any atom is 0.164 e. The van der Waals surface area contributed by atoms with Crippen LogP contribution in [0, 0.1) is 0 Å². The van der Waals surface area contributed by atoms with Gasteiger partial charge in [0.2, 0.25) is 0 Å². The van der Waals surface area contributed by atoms with Gasteiger partial charge in [-0.25, -0.2) is 15.0 Å². The molecule has 0 aliphatic rings. The van der Waals surface area contributed by atoms with Crippen molar-refractivity contribution in [2.24, 2.45) is 0 Å². The van der Waals surface area contributed by atoms with Gasteiger partial charge in [0.15, 0.2) is 17.5 Å². The molecule has 54 heavy (non-hydrogen) atoms. The van der Waals surface area contributed by atoms with Crippen LogP contribution in [-0.4, -0.2) is 15.0 Å². The first kappa shape index (κ1) is 30.7. The molecule has 0 saturated carbocycles. The predicted molar refractivity (Wildman–Crippen MR) is 225 cm³/mol. The molecular formula is C49H29N3OS. The number of hydrogen-bond donors (Lipinski definition) is 0. The van der Waals surface area contributed by atoms with Crippen molar-refractivity contribution >= 4 is 64.2 Å². The summed E-state index contributed by atoms with van der Waals surface area (Å²) in [5, 5.41) is 6.84. The molecule has 0 spiro atoms. The summed E-state index contributed by atoms with van der Waals surface area (Å²) in [5.41, 5.74) is 9.03. The third kappa shape index (κ3) is 5.09. The Labute approximate surface area is 314 Å². The zero-order valence-electron chi connectivity index (χ0n) is 28.9. The molecule has 0 atom stereocenters. The molecule has 0 saturated heterocycles. The van der Waals surface area contributed by atoms with Crippen molar-refractivity contribution in [2.45, 2.75) is 0 Å². The molecule has 0 N–H and O–H groups in total. The quantitative estimate of drug-likeness (QED) is 0.179. The number of aromatic nitrogens is 3. The molecule has 8 aromatic carbocycles. The standard InChI is InChI=1S/C49H29N3OS/c1-2-9-30(10-3-1)31-17-21-34(22-18-31)47-50-48(35-23-19-32(20-24-35)36-26-28-44-41(29-36)38-13-6-7-16-43(38)54-44)52-49(51-47)40-14-8-15-42-45(40)39-27-25-33-11-4-5-12-37(33)46(39)53-42/h1-29H. The van der Waals surface area contributed by atoms with Crippen LogP contribution in [0.15, 0.2) is 180 Å². The van der Waals surface area contributed by atoms with Gasteiger partial charge in [-0.1, -0.05) is 146 Å². The molecule has 0 unspecified atom stereocenters. The highest BCUT2D eigenvalue weighted by Gasteiger charge is 2.19. The highest BCUT2D eigenvalue weighted by Crippen LogP contribution is 2.40. The number of hydrogen-bond acceptors (Lipinski definition) is 5. The summed E-state index contributed by atoms with van der Waals surface area (Å²) in [4.78, 5) is 15.4. The first-order chi connectivity index (χ1) is 26.7. The van der Waals surface area contributed by atoms with Gasteiger partial charge < -0.3 is 4.42 Å². The van der Waals surface area contributed by atoms with E-state index >= 15 is 0 Å². The third-order valence-electron chi connectivity index (χ3n) is 10.4. The summed E-state index contributed by atoms with van der Waals surface area (Å²) in [6.45, 7) is 0. The summed E-state index contributed by atoms with van der Waals surface area (Å²) in [6, 6.07) is 61.6. The number of fused-ring (bicyclic) bond motifs is 8. The van der Waals surface area contributed by atoms with Crippen LogP contribution in [0.5, 0.6) is 0 Å². The van der Waals surface area contributed by atoms with Crippen LogP contribution in [0.1, 0.15) is 0 Å². The van der Waals surface area contributed by atoms with E-state index in [0.717, 1.165) is 60.5 Å². The molecule has 0 aliphatic carbocycles. The van der Waals surface area contributed by atoms with Gasteiger partial charge in [-0.2, -0.15) is 0 Å². The highest BCUT2D eigenvalue weighted by molar-refractivity contribution is 7.25. The second-order valence-electron chi connectivity index (χ2n) is 13.6. The summed E-state index contributed by atoms with van der Waals surface area (Å²) in [7, 11) is 0. The van der Waals surface area contributed by atoms with Gasteiger partial charge in [0.25, 0.3) is 0 Å². The summed E-state index contributed by atoms with van der Waals surface area (Å²) in [5.74, 6) is 1.83. The van der Waals surface area contributed by atoms with Crippen LogP contribution in [0.25, 0.3) is 109 Å². The smallest absolute Gasteiger partial charge is 0.164 e. The Balaban J connectivity index is 1.06. The molecule has 3 aromatic heterocycles. The Hall–Kier alpha value is -6.95. The molecule has 11 aromatic rings. The molecule has 5 heteroatoms. The van der Waals surface area contributed by atoms with Gasteiger partial charge in [0.05, 0.1) is 0 Å². The number of furan rings is 1. The average molecular weight is 708 g/mol. The Morgan fingerprint density at radius 1 is 0.370 bits per heavy atom. The van der Waals surface area contributed by atoms with Crippen molar-refractivity contribution in [3.05, 3.63) is 176 Å². The second-order valence-corrected chi connectivity index (χ2v) is 14.7. The third-order valence-corrected chi connectivity index (χ3v) is 11.5. The van der Waals surface area contributed by atoms with Gasteiger partial charge in [-0.3, -0.25) is 0 Å². The normalized spacial score (nSPS) is 11.7. The van der Waals surface area contributed by atoms with Crippen LogP contribution in [0.3, 0.4) is 0 Å². The molecule has 0 aliphatic heterocycles. The predicted octanol–water partition coefficient (Wildman–Crippen LogP) is 13.6. The Morgan fingerprint density at radius 3 is 1.74 bits per heavy atom. The Morgan fingerprint density at radius 2 is 0.963 bits per heavy atom. The molecule has 252 valence electrons. The first-order valence-electron chi connectivity index (χ1n) is 18.0. The van der Waals surface area contributed by atoms with Crippen molar-refractivity contribution in [3.8, 4) is 56.4 Å². The van der Waals surface area contributed by atoms with Crippen LogP contribution in [-0.2, 0) is 0 Å². The number of nitrogens with zero attached hydrogens (tertiary/aromatic N) is 3. The van der Waals surface area contributed by atoms with E-state index in [-0.39, 0.29) is 0 Å². The second kappa shape index (κ2) is 12.3. The number of thiophene rings is 1. The first-order valence-corrected chi connectivity index (χ1v) is 18.8. The monoisotopic (exact) mass is 707 g/mol. The van der Waals surface area contributed by atoms with E-state index in [1.165, 1.54) is 31.3 Å². The minimum absolute atomic E-state index is 0.599. The minimum atomic E-state index is 0.599. The average Bonchev–Trinajstić information content (AvgIpc) is 3.83. The molecule has 0 amide bonds. The summed E-state index contributed by atoms with van der Waals surface area (Å²) >= 11 is 1.84. The molecule has 0 radical (unpaired) electrons. The van der Waals surface area contributed by atoms with Crippen molar-refractivity contribution in [2.75, 3.05) is 0 Å². The zero-order chi connectivity index (χ0) is 35.6. The van der Waals surface area contributed by atoms with Gasteiger partial charge >= 0.3 is 0 Å². The lowest BCUT2D eigenvalue weighted by Crippen LogP contribution is -2.00. The molecule has 3 heterocycles. The lowest BCUT2D eigenvalue weighted by molar-refractivity contribution is 0.672. The SMILES string of the molecule is c1ccc(-c2ccc(-c3nc(-c4ccc(-c5ccc6sc7ccccc7c6c5)cc4)nc(-c4cccc5oc6c7ccccc7ccc6c45)n3)cc2)cc1. The van der Waals surface area contributed by atoms with Crippen molar-refractivity contribution < 1.29 is 4.42 Å². The molecule has 0 bridgehead atoms. The maximum atomic E-state index is 6.54. The molecule has 11 rings (SSSR count). The van der Waals surface area contributed by atoms with Gasteiger partial charge in [-0.05, 0) is 58.0 Å². The maximum absolute atomic E-state index is 6.54. The Bertz CT molecular complexity index is 3200. The minimum Gasteiger partial charge on any atom is -0.455 e. The van der Waals surface area contributed by atoms with Crippen LogP contribution < -0.4 is 0 Å². The van der Waals surface area contributed by atoms with Gasteiger partial charge in [0, 0.05) is 53.0 Å². The fourth-order valence-electron chi connectivity index (χ4n) is 7.65. The summed E-state index contributed by atoms with van der Waals surface area (Å²) in [6.07, 6.45) is 0. The van der Waals surface area contributed by atoms with Gasteiger partial charge in [0.1, 0.15) is 11.2 Å². The van der Waals surface area contributed by atoms with Crippen molar-refractivity contribution in [3.63, 3.8) is 0 Å². The molecule has 0 fully saturated rings. The lowest BCUT2D eigenvalue weighted by Gasteiger charge is -2.10. The largest absolute Gasteiger partial charge is 0.455 e. The van der Waals surface area contributed by atoms with Crippen molar-refractivity contribution in [1.29, 1.82) is 0 Å². The number of benzene rings is 8. The zero-order valence-corrected chi connectivity index (χ0v) is 29.7. The molecular weight excluding hydrogens is 679 g/mol. The number of rotatable bonds is 5. The van der Waals surface area contributed by atoms with E-state index in [2.05, 4.69) is 158 Å². The van der Waals surface area contributed by atoms with E-state index in [9.17, 15) is 0 Å². The van der Waals surface area contributed by atoms with Crippen LogP contribution in [0.2, 0.25) is 0 Å². The van der Waals surface area contributed by atoms with E-state index in [4.69, 9.17) is 19.4 Å². The topological polar surface area (TPSA) is 51.8 Å². The Kier molecular flexibility index (Phi) is 7.00. The highest BCUT2D eigenvalue weighted by atomic mass is 32.1. The fraction of sp³-hybridized carbons (Fsp3) is 0. The van der Waals surface area contributed by atoms with Crippen LogP contribution >= 0.6 is 11.3 Å². The van der Waals surface area contributed by atoms with E-state index in [1.54, 1.807) is 0 Å². The van der Waals surface area contributed by atoms with E-state index in [0.29, 0.717) is 17.5 Å². The molecule has 4 nitrogen and oxygen atoms in total. The van der Waals surface area contributed by atoms with Crippen LogP contribution in [0.4, 0.5) is 0 Å². The van der Waals surface area contributed by atoms with Gasteiger partial charge in [-0.15, -0.1) is 11.3 Å². The lowest BCUT2D eigenvalue weighted by atomic mass is 10.0.